The largest absolute Gasteiger partial charge is 0.122 e. The quantitative estimate of drug-likeness (QED) is 0.387. The van der Waals surface area contributed by atoms with Gasteiger partial charge in [-0.05, 0) is 30.6 Å². The van der Waals surface area contributed by atoms with E-state index in [1.54, 1.807) is 0 Å². The first-order chi connectivity index (χ1) is 5.02. The summed E-state index contributed by atoms with van der Waals surface area (Å²) in [6.45, 7) is 6.93. The first-order valence-electron chi connectivity index (χ1n) is 4.66. The third-order valence-electron chi connectivity index (χ3n) is 3.04. The van der Waals surface area contributed by atoms with Gasteiger partial charge in [0.25, 0.3) is 0 Å². The Balaban J connectivity index is 2.56. The van der Waals surface area contributed by atoms with E-state index in [1.807, 2.05) is 0 Å². The van der Waals surface area contributed by atoms with Gasteiger partial charge in [-0.15, -0.1) is 11.6 Å². The molecule has 1 unspecified atom stereocenters. The van der Waals surface area contributed by atoms with Crippen molar-refractivity contribution < 1.29 is 0 Å². The molecule has 11 heavy (non-hydrogen) atoms. The molecule has 1 heteroatoms. The van der Waals surface area contributed by atoms with Gasteiger partial charge in [0.05, 0.1) is 0 Å². The Morgan fingerprint density at radius 1 is 1.18 bits per heavy atom. The minimum absolute atomic E-state index is 0.367. The van der Waals surface area contributed by atoms with Crippen molar-refractivity contribution in [3.63, 3.8) is 0 Å². The molecule has 0 radical (unpaired) electrons. The first kappa shape index (κ1) is 9.38. The molecule has 1 aliphatic carbocycles. The van der Waals surface area contributed by atoms with Crippen LogP contribution in [-0.4, -0.2) is 5.38 Å². The third kappa shape index (κ3) is 2.37. The SMILES string of the molecule is CC1CC[C@@H](Cl)C(C)(C)CC1. The molecule has 0 spiro atoms. The second kappa shape index (κ2) is 3.35. The molecule has 1 rings (SSSR count). The van der Waals surface area contributed by atoms with Crippen LogP contribution in [0.4, 0.5) is 0 Å². The molecule has 1 fully saturated rings. The Morgan fingerprint density at radius 2 is 1.82 bits per heavy atom. The van der Waals surface area contributed by atoms with E-state index in [0.29, 0.717) is 10.8 Å². The van der Waals surface area contributed by atoms with Gasteiger partial charge in [-0.25, -0.2) is 0 Å². The van der Waals surface area contributed by atoms with E-state index in [4.69, 9.17) is 11.6 Å². The van der Waals surface area contributed by atoms with E-state index in [9.17, 15) is 0 Å². The Labute approximate surface area is 75.3 Å². The Bertz CT molecular complexity index is 129. The summed E-state index contributed by atoms with van der Waals surface area (Å²) in [5.74, 6) is 0.887. The number of hydrogen-bond donors (Lipinski definition) is 0. The Hall–Kier alpha value is 0.290. The number of alkyl halides is 1. The Kier molecular flexibility index (Phi) is 2.85. The van der Waals surface area contributed by atoms with Crippen LogP contribution in [0.25, 0.3) is 0 Å². The van der Waals surface area contributed by atoms with E-state index in [1.165, 1.54) is 25.7 Å². The zero-order valence-corrected chi connectivity index (χ0v) is 8.62. The van der Waals surface area contributed by atoms with Gasteiger partial charge in [-0.2, -0.15) is 0 Å². The number of hydrogen-bond acceptors (Lipinski definition) is 0. The lowest BCUT2D eigenvalue weighted by atomic mass is 9.84. The highest BCUT2D eigenvalue weighted by atomic mass is 35.5. The molecule has 0 bridgehead atoms. The molecule has 2 atom stereocenters. The number of rotatable bonds is 0. The average molecular weight is 175 g/mol. The molecule has 0 aliphatic heterocycles. The van der Waals surface area contributed by atoms with Crippen molar-refractivity contribution in [2.45, 2.75) is 51.8 Å². The molecular formula is C10H19Cl. The minimum Gasteiger partial charge on any atom is -0.122 e. The van der Waals surface area contributed by atoms with E-state index < -0.39 is 0 Å². The van der Waals surface area contributed by atoms with Gasteiger partial charge in [-0.1, -0.05) is 27.2 Å². The fourth-order valence-corrected chi connectivity index (χ4v) is 1.98. The second-order valence-corrected chi connectivity index (χ2v) is 5.20. The van der Waals surface area contributed by atoms with Crippen LogP contribution in [0.5, 0.6) is 0 Å². The maximum atomic E-state index is 6.28. The highest BCUT2D eigenvalue weighted by molar-refractivity contribution is 6.21. The van der Waals surface area contributed by atoms with Crippen molar-refractivity contribution in [2.75, 3.05) is 0 Å². The van der Waals surface area contributed by atoms with Gasteiger partial charge in [0.1, 0.15) is 0 Å². The third-order valence-corrected chi connectivity index (χ3v) is 3.85. The van der Waals surface area contributed by atoms with Gasteiger partial charge in [0, 0.05) is 5.38 Å². The minimum atomic E-state index is 0.367. The van der Waals surface area contributed by atoms with Crippen molar-refractivity contribution in [3.05, 3.63) is 0 Å². The van der Waals surface area contributed by atoms with Crippen LogP contribution in [0.1, 0.15) is 46.5 Å². The van der Waals surface area contributed by atoms with Crippen molar-refractivity contribution in [1.82, 2.24) is 0 Å². The monoisotopic (exact) mass is 174 g/mol. The summed E-state index contributed by atoms with van der Waals surface area (Å²) < 4.78 is 0. The maximum Gasteiger partial charge on any atom is 0.0387 e. The molecule has 0 aromatic carbocycles. The topological polar surface area (TPSA) is 0 Å². The van der Waals surface area contributed by atoms with Crippen LogP contribution in [-0.2, 0) is 0 Å². The zero-order chi connectivity index (χ0) is 8.48. The van der Waals surface area contributed by atoms with Gasteiger partial charge in [0.2, 0.25) is 0 Å². The maximum absolute atomic E-state index is 6.28. The highest BCUT2D eigenvalue weighted by Crippen LogP contribution is 2.39. The average Bonchev–Trinajstić information content (AvgIpc) is 2.03. The van der Waals surface area contributed by atoms with Crippen LogP contribution >= 0.6 is 11.6 Å². The van der Waals surface area contributed by atoms with Crippen LogP contribution < -0.4 is 0 Å². The molecule has 0 aromatic rings. The van der Waals surface area contributed by atoms with E-state index >= 15 is 0 Å². The molecule has 1 saturated carbocycles. The van der Waals surface area contributed by atoms with Gasteiger partial charge in [-0.3, -0.25) is 0 Å². The van der Waals surface area contributed by atoms with E-state index in [0.717, 1.165) is 5.92 Å². The zero-order valence-electron chi connectivity index (χ0n) is 7.86. The van der Waals surface area contributed by atoms with Crippen LogP contribution in [0.2, 0.25) is 0 Å². The molecule has 0 heterocycles. The summed E-state index contributed by atoms with van der Waals surface area (Å²) in [4.78, 5) is 0. The van der Waals surface area contributed by atoms with Crippen molar-refractivity contribution in [1.29, 1.82) is 0 Å². The summed E-state index contributed by atoms with van der Waals surface area (Å²) in [6, 6.07) is 0. The lowest BCUT2D eigenvalue weighted by Gasteiger charge is -2.27. The fourth-order valence-electron chi connectivity index (χ4n) is 1.74. The lowest BCUT2D eigenvalue weighted by molar-refractivity contribution is 0.316. The van der Waals surface area contributed by atoms with Crippen LogP contribution in [0, 0.1) is 11.3 Å². The standard InChI is InChI=1S/C10H19Cl/c1-8-4-5-9(11)10(2,3)7-6-8/h8-9H,4-7H2,1-3H3/t8?,9-/m1/s1. The predicted octanol–water partition coefficient (Wildman–Crippen LogP) is 3.83. The summed E-state index contributed by atoms with van der Waals surface area (Å²) in [7, 11) is 0. The number of halogens is 1. The molecule has 0 nitrogen and oxygen atoms in total. The normalized spacial score (nSPS) is 38.2. The van der Waals surface area contributed by atoms with Crippen molar-refractivity contribution >= 4 is 11.6 Å². The van der Waals surface area contributed by atoms with Crippen molar-refractivity contribution in [2.24, 2.45) is 11.3 Å². The van der Waals surface area contributed by atoms with E-state index in [-0.39, 0.29) is 0 Å². The summed E-state index contributed by atoms with van der Waals surface area (Å²) in [6.07, 6.45) is 5.17. The highest BCUT2D eigenvalue weighted by Gasteiger charge is 2.30. The van der Waals surface area contributed by atoms with Crippen LogP contribution in [0.3, 0.4) is 0 Å². The fraction of sp³-hybridized carbons (Fsp3) is 1.00. The van der Waals surface area contributed by atoms with Gasteiger partial charge < -0.3 is 0 Å². The van der Waals surface area contributed by atoms with Gasteiger partial charge >= 0.3 is 0 Å². The molecule has 0 N–H and O–H groups in total. The lowest BCUT2D eigenvalue weighted by Crippen LogP contribution is -2.22. The summed E-state index contributed by atoms with van der Waals surface area (Å²) >= 11 is 6.28. The Morgan fingerprint density at radius 3 is 2.45 bits per heavy atom. The second-order valence-electron chi connectivity index (χ2n) is 4.68. The molecule has 0 saturated heterocycles. The predicted molar refractivity (Wildman–Crippen MR) is 51.1 cm³/mol. The molecule has 66 valence electrons. The first-order valence-corrected chi connectivity index (χ1v) is 5.10. The van der Waals surface area contributed by atoms with Gasteiger partial charge in [0.15, 0.2) is 0 Å². The van der Waals surface area contributed by atoms with Crippen molar-refractivity contribution in [3.8, 4) is 0 Å². The molecule has 0 amide bonds. The molecular weight excluding hydrogens is 156 g/mol. The smallest absolute Gasteiger partial charge is 0.0387 e. The summed E-state index contributed by atoms with van der Waals surface area (Å²) in [5.41, 5.74) is 0.367. The summed E-state index contributed by atoms with van der Waals surface area (Å²) in [5, 5.41) is 0.396. The molecule has 1 aliphatic rings. The van der Waals surface area contributed by atoms with E-state index in [2.05, 4.69) is 20.8 Å². The van der Waals surface area contributed by atoms with Crippen LogP contribution in [0.15, 0.2) is 0 Å². The molecule has 0 aromatic heterocycles.